The average Bonchev–Trinajstić information content (AvgIpc) is 2.29. The third-order valence-electron chi connectivity index (χ3n) is 2.37. The van der Waals surface area contributed by atoms with Crippen molar-refractivity contribution in [1.29, 1.82) is 0 Å². The highest BCUT2D eigenvalue weighted by atomic mass is 32.2. The topological polar surface area (TPSA) is 26.3 Å². The Hall–Kier alpha value is -1.61. The van der Waals surface area contributed by atoms with Gasteiger partial charge in [-0.1, -0.05) is 29.8 Å². The zero-order chi connectivity index (χ0) is 12.3. The lowest BCUT2D eigenvalue weighted by atomic mass is 10.2. The molecule has 0 bridgehead atoms. The first-order valence-corrected chi connectivity index (χ1v) is 6.46. The van der Waals surface area contributed by atoms with Gasteiger partial charge in [-0.05, 0) is 43.7 Å². The summed E-state index contributed by atoms with van der Waals surface area (Å²) in [4.78, 5) is 0.678. The van der Waals surface area contributed by atoms with Crippen molar-refractivity contribution in [2.24, 2.45) is 0 Å². The molecule has 0 aliphatic carbocycles. The molecule has 2 aromatic rings. The van der Waals surface area contributed by atoms with Crippen LogP contribution in [0.2, 0.25) is 0 Å². The first-order valence-electron chi connectivity index (χ1n) is 5.38. The van der Waals surface area contributed by atoms with Crippen molar-refractivity contribution < 1.29 is 8.39 Å². The van der Waals surface area contributed by atoms with E-state index in [1.807, 2.05) is 56.3 Å². The standard InChI is InChI=1S/C14H14O2S/c1-11-6-8-14(9-7-11)17(15)16-13-5-3-4-12(2)10-13/h3-10H,1-2H3. The second kappa shape index (κ2) is 5.15. The van der Waals surface area contributed by atoms with Crippen LogP contribution in [0, 0.1) is 13.8 Å². The van der Waals surface area contributed by atoms with Crippen LogP contribution >= 0.6 is 0 Å². The summed E-state index contributed by atoms with van der Waals surface area (Å²) in [5, 5.41) is 0. The lowest BCUT2D eigenvalue weighted by molar-refractivity contribution is 0.561. The molecule has 2 nitrogen and oxygen atoms in total. The minimum Gasteiger partial charge on any atom is -0.397 e. The van der Waals surface area contributed by atoms with Crippen LogP contribution in [0.1, 0.15) is 11.1 Å². The van der Waals surface area contributed by atoms with Gasteiger partial charge in [0.1, 0.15) is 5.75 Å². The SMILES string of the molecule is Cc1ccc(S(=O)Oc2cccc(C)c2)cc1. The van der Waals surface area contributed by atoms with Crippen LogP contribution in [0.5, 0.6) is 5.75 Å². The van der Waals surface area contributed by atoms with Gasteiger partial charge in [0.2, 0.25) is 11.1 Å². The van der Waals surface area contributed by atoms with E-state index in [0.29, 0.717) is 10.6 Å². The van der Waals surface area contributed by atoms with Gasteiger partial charge < -0.3 is 4.18 Å². The van der Waals surface area contributed by atoms with Crippen LogP contribution < -0.4 is 4.18 Å². The largest absolute Gasteiger partial charge is 0.397 e. The highest BCUT2D eigenvalue weighted by molar-refractivity contribution is 7.80. The van der Waals surface area contributed by atoms with Crippen molar-refractivity contribution in [1.82, 2.24) is 0 Å². The predicted octanol–water partition coefficient (Wildman–Crippen LogP) is 3.41. The van der Waals surface area contributed by atoms with E-state index in [2.05, 4.69) is 0 Å². The smallest absolute Gasteiger partial charge is 0.240 e. The van der Waals surface area contributed by atoms with Gasteiger partial charge in [0.15, 0.2) is 0 Å². The molecule has 0 N–H and O–H groups in total. The van der Waals surface area contributed by atoms with E-state index in [-0.39, 0.29) is 0 Å². The van der Waals surface area contributed by atoms with Crippen LogP contribution in [0.25, 0.3) is 0 Å². The molecule has 0 amide bonds. The maximum absolute atomic E-state index is 11.9. The Balaban J connectivity index is 2.14. The van der Waals surface area contributed by atoms with Gasteiger partial charge in [-0.3, -0.25) is 0 Å². The van der Waals surface area contributed by atoms with Crippen molar-refractivity contribution in [3.8, 4) is 5.75 Å². The molecule has 0 radical (unpaired) electrons. The number of benzene rings is 2. The lowest BCUT2D eigenvalue weighted by Crippen LogP contribution is -2.00. The summed E-state index contributed by atoms with van der Waals surface area (Å²) in [6, 6.07) is 15.0. The zero-order valence-corrected chi connectivity index (χ0v) is 10.7. The molecule has 0 saturated heterocycles. The molecule has 0 aromatic heterocycles. The van der Waals surface area contributed by atoms with Gasteiger partial charge in [-0.2, -0.15) is 0 Å². The molecular weight excluding hydrogens is 232 g/mol. The molecule has 0 fully saturated rings. The molecule has 17 heavy (non-hydrogen) atoms. The van der Waals surface area contributed by atoms with E-state index in [1.165, 1.54) is 0 Å². The van der Waals surface area contributed by atoms with Gasteiger partial charge in [0, 0.05) is 0 Å². The quantitative estimate of drug-likeness (QED) is 0.829. The van der Waals surface area contributed by atoms with E-state index in [9.17, 15) is 4.21 Å². The van der Waals surface area contributed by atoms with Crippen molar-refractivity contribution in [3.05, 3.63) is 59.7 Å². The van der Waals surface area contributed by atoms with Crippen LogP contribution in [-0.2, 0) is 11.1 Å². The van der Waals surface area contributed by atoms with E-state index in [0.717, 1.165) is 11.1 Å². The molecule has 1 unspecified atom stereocenters. The number of hydrogen-bond donors (Lipinski definition) is 0. The maximum atomic E-state index is 11.9. The van der Waals surface area contributed by atoms with E-state index in [1.54, 1.807) is 6.07 Å². The normalized spacial score (nSPS) is 12.1. The van der Waals surface area contributed by atoms with Crippen molar-refractivity contribution in [3.63, 3.8) is 0 Å². The molecule has 88 valence electrons. The summed E-state index contributed by atoms with van der Waals surface area (Å²) in [6.45, 7) is 3.97. The Bertz CT molecular complexity index is 532. The summed E-state index contributed by atoms with van der Waals surface area (Å²) >= 11 is -1.45. The van der Waals surface area contributed by atoms with Crippen LogP contribution in [0.15, 0.2) is 53.4 Å². The van der Waals surface area contributed by atoms with Crippen LogP contribution in [0.4, 0.5) is 0 Å². The Morgan fingerprint density at radius 3 is 2.29 bits per heavy atom. The fourth-order valence-corrected chi connectivity index (χ4v) is 2.19. The van der Waals surface area contributed by atoms with Gasteiger partial charge in [-0.25, -0.2) is 4.21 Å². The third-order valence-corrected chi connectivity index (χ3v) is 3.38. The zero-order valence-electron chi connectivity index (χ0n) is 9.84. The minimum atomic E-state index is -1.45. The Kier molecular flexibility index (Phi) is 3.59. The highest BCUT2D eigenvalue weighted by Gasteiger charge is 2.05. The fraction of sp³-hybridized carbons (Fsp3) is 0.143. The molecule has 2 rings (SSSR count). The van der Waals surface area contributed by atoms with Crippen LogP contribution in [-0.4, -0.2) is 4.21 Å². The molecule has 1 atom stereocenters. The van der Waals surface area contributed by atoms with Crippen LogP contribution in [0.3, 0.4) is 0 Å². The van der Waals surface area contributed by atoms with E-state index < -0.39 is 11.1 Å². The van der Waals surface area contributed by atoms with E-state index in [4.69, 9.17) is 4.18 Å². The van der Waals surface area contributed by atoms with Crippen molar-refractivity contribution in [2.75, 3.05) is 0 Å². The monoisotopic (exact) mass is 246 g/mol. The molecule has 0 spiro atoms. The van der Waals surface area contributed by atoms with Gasteiger partial charge >= 0.3 is 0 Å². The average molecular weight is 246 g/mol. The summed E-state index contributed by atoms with van der Waals surface area (Å²) in [5.41, 5.74) is 2.23. The molecule has 0 saturated carbocycles. The lowest BCUT2D eigenvalue weighted by Gasteiger charge is -2.05. The first kappa shape index (κ1) is 11.9. The Morgan fingerprint density at radius 2 is 1.65 bits per heavy atom. The Morgan fingerprint density at radius 1 is 0.941 bits per heavy atom. The van der Waals surface area contributed by atoms with Crippen molar-refractivity contribution in [2.45, 2.75) is 18.7 Å². The number of aryl methyl sites for hydroxylation is 2. The number of rotatable bonds is 3. The molecule has 0 aliphatic rings. The fourth-order valence-electron chi connectivity index (χ4n) is 1.45. The summed E-state index contributed by atoms with van der Waals surface area (Å²) in [5.74, 6) is 0.629. The van der Waals surface area contributed by atoms with Gasteiger partial charge in [0.25, 0.3) is 0 Å². The third kappa shape index (κ3) is 3.17. The second-order valence-electron chi connectivity index (χ2n) is 3.95. The maximum Gasteiger partial charge on any atom is 0.240 e. The molecule has 0 heterocycles. The predicted molar refractivity (Wildman–Crippen MR) is 69.4 cm³/mol. The number of hydrogen-bond acceptors (Lipinski definition) is 2. The van der Waals surface area contributed by atoms with Crippen molar-refractivity contribution >= 4 is 11.1 Å². The summed E-state index contributed by atoms with van der Waals surface area (Å²) in [7, 11) is 0. The first-order chi connectivity index (χ1) is 8.15. The summed E-state index contributed by atoms with van der Waals surface area (Å²) < 4.78 is 17.3. The van der Waals surface area contributed by atoms with Gasteiger partial charge in [-0.15, -0.1) is 0 Å². The molecule has 0 aliphatic heterocycles. The summed E-state index contributed by atoms with van der Waals surface area (Å²) in [6.07, 6.45) is 0. The van der Waals surface area contributed by atoms with E-state index >= 15 is 0 Å². The molecule has 2 aromatic carbocycles. The minimum absolute atomic E-state index is 0.629. The van der Waals surface area contributed by atoms with Gasteiger partial charge in [0.05, 0.1) is 4.90 Å². The molecule has 3 heteroatoms. The molecular formula is C14H14O2S. The second-order valence-corrected chi connectivity index (χ2v) is 5.06. The Labute approximate surface area is 104 Å². The highest BCUT2D eigenvalue weighted by Crippen LogP contribution is 2.17.